The smallest absolute Gasteiger partial charge is 0.258 e. The molecule has 1 aliphatic heterocycles. The Hall–Kier alpha value is -2.63. The average Bonchev–Trinajstić information content (AvgIpc) is 3.38. The van der Waals surface area contributed by atoms with E-state index in [0.717, 1.165) is 55.1 Å². The van der Waals surface area contributed by atoms with Crippen molar-refractivity contribution in [1.82, 2.24) is 9.47 Å². The van der Waals surface area contributed by atoms with Crippen molar-refractivity contribution in [3.63, 3.8) is 0 Å². The molecule has 32 heavy (non-hydrogen) atoms. The van der Waals surface area contributed by atoms with Crippen LogP contribution in [0.2, 0.25) is 0 Å². The van der Waals surface area contributed by atoms with E-state index >= 15 is 0 Å². The topological polar surface area (TPSA) is 71.4 Å². The highest BCUT2D eigenvalue weighted by molar-refractivity contribution is 6.04. The fourth-order valence-corrected chi connectivity index (χ4v) is 7.39. The molecule has 2 aromatic rings. The van der Waals surface area contributed by atoms with Gasteiger partial charge in [0.25, 0.3) is 5.56 Å². The van der Waals surface area contributed by atoms with Crippen LogP contribution in [-0.4, -0.2) is 34.4 Å². The number of likely N-dealkylation sites (tertiary alicyclic amines) is 1. The van der Waals surface area contributed by atoms with Gasteiger partial charge in [-0.15, -0.1) is 0 Å². The molecule has 6 nitrogen and oxygen atoms in total. The number of pyridine rings is 1. The SMILES string of the molecule is O=C1CCCN1CCCn1ccc2c(NC(=O)C34C[C@@H]5CC3C[C@@H](C5)C4)cccc2c1=O. The molecule has 2 unspecified atom stereocenters. The van der Waals surface area contributed by atoms with Gasteiger partial charge >= 0.3 is 0 Å². The highest BCUT2D eigenvalue weighted by Gasteiger charge is 2.61. The lowest BCUT2D eigenvalue weighted by Gasteiger charge is -2.31. The second kappa shape index (κ2) is 7.46. The Morgan fingerprint density at radius 3 is 2.59 bits per heavy atom. The summed E-state index contributed by atoms with van der Waals surface area (Å²) in [5.41, 5.74) is 0.531. The summed E-state index contributed by atoms with van der Waals surface area (Å²) in [6, 6.07) is 7.57. The van der Waals surface area contributed by atoms with Crippen molar-refractivity contribution in [3.8, 4) is 0 Å². The number of benzene rings is 1. The molecule has 4 bridgehead atoms. The summed E-state index contributed by atoms with van der Waals surface area (Å²) in [5.74, 6) is 2.39. The lowest BCUT2D eigenvalue weighted by atomic mass is 9.75. The zero-order valence-corrected chi connectivity index (χ0v) is 18.5. The number of amides is 2. The van der Waals surface area contributed by atoms with Gasteiger partial charge in [0.05, 0.1) is 5.41 Å². The van der Waals surface area contributed by atoms with Crippen LogP contribution in [0.5, 0.6) is 0 Å². The molecule has 6 heteroatoms. The largest absolute Gasteiger partial charge is 0.343 e. The van der Waals surface area contributed by atoms with Gasteiger partial charge < -0.3 is 14.8 Å². The Bertz CT molecular complexity index is 1140. The number of fused-ring (bicyclic) bond motifs is 1. The maximum atomic E-state index is 13.4. The first kappa shape index (κ1) is 20.0. The van der Waals surface area contributed by atoms with Gasteiger partial charge in [0, 0.05) is 48.7 Å². The summed E-state index contributed by atoms with van der Waals surface area (Å²) in [6.45, 7) is 2.12. The van der Waals surface area contributed by atoms with Gasteiger partial charge in [0.15, 0.2) is 0 Å². The summed E-state index contributed by atoms with van der Waals surface area (Å²) >= 11 is 0. The van der Waals surface area contributed by atoms with E-state index in [1.807, 2.05) is 35.4 Å². The molecule has 4 atom stereocenters. The predicted octanol–water partition coefficient (Wildman–Crippen LogP) is 3.78. The monoisotopic (exact) mass is 433 g/mol. The molecule has 168 valence electrons. The second-order valence-corrected chi connectivity index (χ2v) is 10.6. The van der Waals surface area contributed by atoms with Crippen LogP contribution in [0.25, 0.3) is 10.8 Å². The Balaban J connectivity index is 1.20. The average molecular weight is 434 g/mol. The minimum atomic E-state index is -0.183. The molecule has 1 N–H and O–H groups in total. The number of nitrogens with one attached hydrogen (secondary N) is 1. The standard InChI is InChI=1S/C26H31N3O3/c30-23-6-2-8-28(23)9-3-10-29-11-7-20-21(24(29)31)4-1-5-22(20)27-25(32)26-15-17-12-18(16-26)14-19(26)13-17/h1,4-5,7,11,17-19H,2-3,6,8-10,12-16H2,(H,27,32)/t17-,18+,19?,26?. The molecule has 0 radical (unpaired) electrons. The maximum absolute atomic E-state index is 13.4. The van der Waals surface area contributed by atoms with Crippen molar-refractivity contribution in [3.05, 3.63) is 40.8 Å². The Morgan fingerprint density at radius 2 is 1.84 bits per heavy atom. The number of anilines is 1. The van der Waals surface area contributed by atoms with Crippen LogP contribution < -0.4 is 10.9 Å². The van der Waals surface area contributed by atoms with Crippen LogP contribution >= 0.6 is 0 Å². The van der Waals surface area contributed by atoms with Crippen LogP contribution in [0.3, 0.4) is 0 Å². The third-order valence-electron chi connectivity index (χ3n) is 8.71. The van der Waals surface area contributed by atoms with Crippen molar-refractivity contribution >= 4 is 28.3 Å². The van der Waals surface area contributed by atoms with Gasteiger partial charge in [-0.25, -0.2) is 0 Å². The first-order valence-electron chi connectivity index (χ1n) is 12.2. The number of hydrogen-bond donors (Lipinski definition) is 1. The summed E-state index contributed by atoms with van der Waals surface area (Å²) in [6.07, 6.45) is 9.99. The number of aromatic nitrogens is 1. The summed E-state index contributed by atoms with van der Waals surface area (Å²) in [5, 5.41) is 4.68. The third-order valence-corrected chi connectivity index (χ3v) is 8.71. The van der Waals surface area contributed by atoms with E-state index in [0.29, 0.717) is 30.8 Å². The van der Waals surface area contributed by atoms with Gasteiger partial charge in [-0.1, -0.05) is 6.07 Å². The number of rotatable bonds is 6. The molecule has 7 rings (SSSR count). The highest BCUT2D eigenvalue weighted by Crippen LogP contribution is 2.65. The fourth-order valence-electron chi connectivity index (χ4n) is 7.39. The summed E-state index contributed by atoms with van der Waals surface area (Å²) < 4.78 is 1.73. The summed E-state index contributed by atoms with van der Waals surface area (Å²) in [7, 11) is 0. The predicted molar refractivity (Wildman–Crippen MR) is 123 cm³/mol. The minimum Gasteiger partial charge on any atom is -0.343 e. The number of carbonyl (C=O) groups excluding carboxylic acids is 2. The molecular weight excluding hydrogens is 402 g/mol. The first-order chi connectivity index (χ1) is 15.5. The van der Waals surface area contributed by atoms with E-state index < -0.39 is 0 Å². The number of aryl methyl sites for hydroxylation is 1. The lowest BCUT2D eigenvalue weighted by molar-refractivity contribution is -0.128. The van der Waals surface area contributed by atoms with Crippen LogP contribution in [0.15, 0.2) is 35.3 Å². The summed E-state index contributed by atoms with van der Waals surface area (Å²) in [4.78, 5) is 40.2. The molecule has 1 aromatic carbocycles. The van der Waals surface area contributed by atoms with E-state index in [4.69, 9.17) is 0 Å². The lowest BCUT2D eigenvalue weighted by Crippen LogP contribution is -2.37. The maximum Gasteiger partial charge on any atom is 0.258 e. The van der Waals surface area contributed by atoms with E-state index in [1.54, 1.807) is 4.57 Å². The second-order valence-electron chi connectivity index (χ2n) is 10.6. The molecular formula is C26H31N3O3. The fraction of sp³-hybridized carbons (Fsp3) is 0.577. The Morgan fingerprint density at radius 1 is 1.03 bits per heavy atom. The normalized spacial score (nSPS) is 30.6. The highest BCUT2D eigenvalue weighted by atomic mass is 16.2. The molecule has 1 aromatic heterocycles. The van der Waals surface area contributed by atoms with Crippen molar-refractivity contribution in [2.75, 3.05) is 18.4 Å². The molecule has 4 aliphatic carbocycles. The molecule has 2 heterocycles. The van der Waals surface area contributed by atoms with Gasteiger partial charge in [0.1, 0.15) is 0 Å². The molecule has 5 aliphatic rings. The Labute approximate surface area is 188 Å². The van der Waals surface area contributed by atoms with Gasteiger partial charge in [-0.05, 0) is 80.9 Å². The van der Waals surface area contributed by atoms with E-state index in [1.165, 1.54) is 19.3 Å². The molecule has 4 saturated carbocycles. The van der Waals surface area contributed by atoms with Crippen molar-refractivity contribution in [2.24, 2.45) is 23.2 Å². The third kappa shape index (κ3) is 3.10. The molecule has 0 spiro atoms. The molecule has 5 fully saturated rings. The zero-order valence-electron chi connectivity index (χ0n) is 18.5. The van der Waals surface area contributed by atoms with Gasteiger partial charge in [0.2, 0.25) is 11.8 Å². The first-order valence-corrected chi connectivity index (χ1v) is 12.2. The van der Waals surface area contributed by atoms with E-state index in [2.05, 4.69) is 5.32 Å². The van der Waals surface area contributed by atoms with Gasteiger partial charge in [-0.2, -0.15) is 0 Å². The van der Waals surface area contributed by atoms with Gasteiger partial charge in [-0.3, -0.25) is 14.4 Å². The number of nitrogens with zero attached hydrogens (tertiary/aromatic N) is 2. The van der Waals surface area contributed by atoms with Crippen molar-refractivity contribution in [2.45, 2.75) is 57.9 Å². The number of hydrogen-bond acceptors (Lipinski definition) is 3. The zero-order chi connectivity index (χ0) is 21.9. The quantitative estimate of drug-likeness (QED) is 0.754. The van der Waals surface area contributed by atoms with Crippen molar-refractivity contribution < 1.29 is 9.59 Å². The number of carbonyl (C=O) groups is 2. The van der Waals surface area contributed by atoms with Crippen LogP contribution in [0, 0.1) is 23.2 Å². The van der Waals surface area contributed by atoms with Crippen LogP contribution in [0.4, 0.5) is 5.69 Å². The van der Waals surface area contributed by atoms with E-state index in [-0.39, 0.29) is 22.8 Å². The Kier molecular flexibility index (Phi) is 4.67. The van der Waals surface area contributed by atoms with E-state index in [9.17, 15) is 14.4 Å². The molecule has 2 amide bonds. The molecule has 1 saturated heterocycles. The van der Waals surface area contributed by atoms with Crippen molar-refractivity contribution in [1.29, 1.82) is 0 Å². The van der Waals surface area contributed by atoms with Crippen LogP contribution in [0.1, 0.15) is 51.4 Å². The van der Waals surface area contributed by atoms with Crippen LogP contribution in [-0.2, 0) is 16.1 Å². The minimum absolute atomic E-state index is 0.0367.